The van der Waals surface area contributed by atoms with E-state index >= 15 is 0 Å². The number of carbonyl (C=O) groups is 1. The van der Waals surface area contributed by atoms with Gasteiger partial charge in [-0.2, -0.15) is 0 Å². The van der Waals surface area contributed by atoms with Gasteiger partial charge in [0.15, 0.2) is 0 Å². The lowest BCUT2D eigenvalue weighted by molar-refractivity contribution is 0.0949. The number of aryl methyl sites for hydroxylation is 1. The molecule has 1 saturated heterocycles. The summed E-state index contributed by atoms with van der Waals surface area (Å²) in [6, 6.07) is 0. The van der Waals surface area contributed by atoms with Gasteiger partial charge in [0.25, 0.3) is 5.91 Å². The highest BCUT2D eigenvalue weighted by Crippen LogP contribution is 2.26. The average molecular weight is 309 g/mol. The summed E-state index contributed by atoms with van der Waals surface area (Å²) < 4.78 is 0. The number of rotatable bonds is 3. The van der Waals surface area contributed by atoms with Crippen LogP contribution in [0, 0.1) is 12.8 Å². The Balaban J connectivity index is 0.00000162. The van der Waals surface area contributed by atoms with Crippen molar-refractivity contribution in [1.29, 1.82) is 0 Å². The summed E-state index contributed by atoms with van der Waals surface area (Å²) in [4.78, 5) is 12.5. The molecule has 1 amide bonds. The summed E-state index contributed by atoms with van der Waals surface area (Å²) in [6.45, 7) is 4.75. The van der Waals surface area contributed by atoms with Crippen molar-refractivity contribution in [2.24, 2.45) is 5.92 Å². The Labute approximate surface area is 123 Å². The van der Waals surface area contributed by atoms with Crippen LogP contribution in [0.3, 0.4) is 0 Å². The third-order valence-corrected chi connectivity index (χ3v) is 4.75. The second-order valence-electron chi connectivity index (χ2n) is 4.48. The SMILES string of the molecule is Cc1csc(C(=O)NCC2CCCNC2)c1Cl.Cl. The molecule has 0 radical (unpaired) electrons. The van der Waals surface area contributed by atoms with Gasteiger partial charge in [0.05, 0.1) is 5.02 Å². The Bertz CT molecular complexity index is 403. The summed E-state index contributed by atoms with van der Waals surface area (Å²) in [5, 5.41) is 8.82. The summed E-state index contributed by atoms with van der Waals surface area (Å²) in [5.74, 6) is 0.506. The first-order chi connectivity index (χ1) is 8.18. The number of piperidine rings is 1. The number of halogens is 2. The highest BCUT2D eigenvalue weighted by Gasteiger charge is 2.17. The van der Waals surface area contributed by atoms with Crippen LogP contribution in [0.15, 0.2) is 5.38 Å². The standard InChI is InChI=1S/C12H17ClN2OS.ClH/c1-8-7-17-11(10(8)13)12(16)15-6-9-3-2-4-14-5-9;/h7,9,14H,2-6H2,1H3,(H,15,16);1H. The normalized spacial score (nSPS) is 19.1. The molecule has 1 aromatic rings. The first-order valence-electron chi connectivity index (χ1n) is 5.91. The van der Waals surface area contributed by atoms with E-state index < -0.39 is 0 Å². The van der Waals surface area contributed by atoms with E-state index in [2.05, 4.69) is 10.6 Å². The minimum Gasteiger partial charge on any atom is -0.351 e. The van der Waals surface area contributed by atoms with Gasteiger partial charge in [-0.25, -0.2) is 0 Å². The van der Waals surface area contributed by atoms with Gasteiger partial charge in [-0.15, -0.1) is 23.7 Å². The van der Waals surface area contributed by atoms with E-state index in [-0.39, 0.29) is 18.3 Å². The number of hydrogen-bond acceptors (Lipinski definition) is 3. The molecular formula is C12H18Cl2N2OS. The first-order valence-corrected chi connectivity index (χ1v) is 7.16. The lowest BCUT2D eigenvalue weighted by atomic mass is 10.00. The van der Waals surface area contributed by atoms with E-state index in [1.807, 2.05) is 12.3 Å². The summed E-state index contributed by atoms with van der Waals surface area (Å²) in [5.41, 5.74) is 0.973. The van der Waals surface area contributed by atoms with Crippen LogP contribution in [-0.4, -0.2) is 25.5 Å². The summed E-state index contributed by atoms with van der Waals surface area (Å²) >= 11 is 7.47. The molecule has 1 aliphatic rings. The second-order valence-corrected chi connectivity index (χ2v) is 5.74. The van der Waals surface area contributed by atoms with E-state index in [1.165, 1.54) is 24.2 Å². The number of amides is 1. The van der Waals surface area contributed by atoms with Gasteiger partial charge in [0.2, 0.25) is 0 Å². The number of carbonyl (C=O) groups excluding carboxylic acids is 1. The van der Waals surface area contributed by atoms with Gasteiger partial charge >= 0.3 is 0 Å². The van der Waals surface area contributed by atoms with Crippen molar-refractivity contribution in [2.75, 3.05) is 19.6 Å². The van der Waals surface area contributed by atoms with Gasteiger partial charge < -0.3 is 10.6 Å². The van der Waals surface area contributed by atoms with Crippen LogP contribution in [0.25, 0.3) is 0 Å². The summed E-state index contributed by atoms with van der Waals surface area (Å²) in [6.07, 6.45) is 2.38. The van der Waals surface area contributed by atoms with E-state index in [0.29, 0.717) is 15.8 Å². The zero-order valence-corrected chi connectivity index (χ0v) is 12.7. The molecule has 3 nitrogen and oxygen atoms in total. The van der Waals surface area contributed by atoms with Gasteiger partial charge in [-0.05, 0) is 49.7 Å². The van der Waals surface area contributed by atoms with Crippen LogP contribution in [0.5, 0.6) is 0 Å². The Kier molecular flexibility index (Phi) is 6.43. The Hall–Kier alpha value is -0.290. The minimum absolute atomic E-state index is 0. The Morgan fingerprint density at radius 1 is 1.67 bits per heavy atom. The van der Waals surface area contributed by atoms with Crippen LogP contribution in [0.2, 0.25) is 5.02 Å². The maximum Gasteiger partial charge on any atom is 0.262 e. The maximum atomic E-state index is 11.9. The lowest BCUT2D eigenvalue weighted by Gasteiger charge is -2.22. The lowest BCUT2D eigenvalue weighted by Crippen LogP contribution is -2.37. The topological polar surface area (TPSA) is 41.1 Å². The molecule has 102 valence electrons. The van der Waals surface area contributed by atoms with Crippen molar-refractivity contribution in [1.82, 2.24) is 10.6 Å². The average Bonchev–Trinajstić information content (AvgIpc) is 2.69. The van der Waals surface area contributed by atoms with Crippen LogP contribution in [0.4, 0.5) is 0 Å². The monoisotopic (exact) mass is 308 g/mol. The Morgan fingerprint density at radius 3 is 3.00 bits per heavy atom. The zero-order valence-electron chi connectivity index (χ0n) is 10.3. The molecule has 1 fully saturated rings. The van der Waals surface area contributed by atoms with Crippen molar-refractivity contribution >= 4 is 41.3 Å². The second kappa shape index (κ2) is 7.34. The van der Waals surface area contributed by atoms with Crippen molar-refractivity contribution < 1.29 is 4.79 Å². The van der Waals surface area contributed by atoms with Gasteiger partial charge in [-0.1, -0.05) is 11.6 Å². The fourth-order valence-corrected chi connectivity index (χ4v) is 3.19. The molecule has 0 aliphatic carbocycles. The molecule has 0 aromatic carbocycles. The molecule has 2 N–H and O–H groups in total. The van der Waals surface area contributed by atoms with E-state index in [9.17, 15) is 4.79 Å². The van der Waals surface area contributed by atoms with Gasteiger partial charge in [-0.3, -0.25) is 4.79 Å². The molecule has 6 heteroatoms. The van der Waals surface area contributed by atoms with Crippen molar-refractivity contribution in [3.05, 3.63) is 20.8 Å². The Morgan fingerprint density at radius 2 is 2.44 bits per heavy atom. The molecule has 0 saturated carbocycles. The van der Waals surface area contributed by atoms with Crippen LogP contribution in [0.1, 0.15) is 28.1 Å². The third kappa shape index (κ3) is 3.85. The van der Waals surface area contributed by atoms with E-state index in [4.69, 9.17) is 11.6 Å². The molecule has 18 heavy (non-hydrogen) atoms. The fraction of sp³-hybridized carbons (Fsp3) is 0.583. The highest BCUT2D eigenvalue weighted by atomic mass is 35.5. The van der Waals surface area contributed by atoms with Crippen LogP contribution < -0.4 is 10.6 Å². The van der Waals surface area contributed by atoms with Crippen LogP contribution in [-0.2, 0) is 0 Å². The molecule has 0 bridgehead atoms. The molecule has 1 atom stereocenters. The molecule has 0 spiro atoms. The van der Waals surface area contributed by atoms with Crippen molar-refractivity contribution in [3.63, 3.8) is 0 Å². The predicted molar refractivity (Wildman–Crippen MR) is 79.2 cm³/mol. The third-order valence-electron chi connectivity index (χ3n) is 3.06. The number of thiophene rings is 1. The zero-order chi connectivity index (χ0) is 12.3. The van der Waals surface area contributed by atoms with Crippen molar-refractivity contribution in [3.8, 4) is 0 Å². The molecule has 2 rings (SSSR count). The number of nitrogens with one attached hydrogen (secondary N) is 2. The highest BCUT2D eigenvalue weighted by molar-refractivity contribution is 7.13. The minimum atomic E-state index is -0.0429. The summed E-state index contributed by atoms with van der Waals surface area (Å²) in [7, 11) is 0. The molecule has 1 unspecified atom stereocenters. The van der Waals surface area contributed by atoms with E-state index in [0.717, 1.165) is 25.2 Å². The quantitative estimate of drug-likeness (QED) is 0.901. The smallest absolute Gasteiger partial charge is 0.262 e. The van der Waals surface area contributed by atoms with Crippen LogP contribution >= 0.6 is 35.3 Å². The predicted octanol–water partition coefficient (Wildman–Crippen LogP) is 2.86. The van der Waals surface area contributed by atoms with E-state index in [1.54, 1.807) is 0 Å². The maximum absolute atomic E-state index is 11.9. The molecule has 1 aromatic heterocycles. The molecule has 1 aliphatic heterocycles. The van der Waals surface area contributed by atoms with Gasteiger partial charge in [0, 0.05) is 6.54 Å². The number of hydrogen-bond donors (Lipinski definition) is 2. The van der Waals surface area contributed by atoms with Crippen molar-refractivity contribution in [2.45, 2.75) is 19.8 Å². The first kappa shape index (κ1) is 15.8. The molecular weight excluding hydrogens is 291 g/mol. The van der Waals surface area contributed by atoms with Gasteiger partial charge in [0.1, 0.15) is 4.88 Å². The molecule has 2 heterocycles. The fourth-order valence-electron chi connectivity index (χ4n) is 2.00. The largest absolute Gasteiger partial charge is 0.351 e.